The van der Waals surface area contributed by atoms with E-state index in [1.165, 1.54) is 25.7 Å². The van der Waals surface area contributed by atoms with Gasteiger partial charge < -0.3 is 10.4 Å². The summed E-state index contributed by atoms with van der Waals surface area (Å²) in [5.74, 6) is 1.45. The molecule has 3 heteroatoms. The number of carbonyl (C=O) groups is 1. The van der Waals surface area contributed by atoms with Gasteiger partial charge in [0.2, 0.25) is 5.91 Å². The molecule has 4 aliphatic carbocycles. The average Bonchev–Trinajstić information content (AvgIpc) is 2.71. The summed E-state index contributed by atoms with van der Waals surface area (Å²) < 4.78 is 0. The van der Waals surface area contributed by atoms with Gasteiger partial charge >= 0.3 is 0 Å². The molecule has 4 rings (SSSR count). The van der Waals surface area contributed by atoms with Gasteiger partial charge in [-0.1, -0.05) is 26.8 Å². The molecule has 1 spiro atoms. The minimum atomic E-state index is -0.590. The van der Waals surface area contributed by atoms with Crippen molar-refractivity contribution < 1.29 is 9.90 Å². The summed E-state index contributed by atoms with van der Waals surface area (Å²) in [6, 6.07) is 0. The van der Waals surface area contributed by atoms with E-state index in [0.717, 1.165) is 44.1 Å². The van der Waals surface area contributed by atoms with Crippen molar-refractivity contribution in [3.8, 4) is 0 Å². The number of aliphatic hydroxyl groups is 1. The van der Waals surface area contributed by atoms with Gasteiger partial charge in [-0.05, 0) is 93.0 Å². The Morgan fingerprint density at radius 1 is 1.19 bits per heavy atom. The Kier molecular flexibility index (Phi) is 4.16. The van der Waals surface area contributed by atoms with Gasteiger partial charge in [-0.3, -0.25) is 4.79 Å². The van der Waals surface area contributed by atoms with Crippen LogP contribution >= 0.6 is 0 Å². The maximum atomic E-state index is 12.4. The fraction of sp³-hybridized carbons (Fsp3) is 0.870. The van der Waals surface area contributed by atoms with Crippen molar-refractivity contribution in [1.82, 2.24) is 5.32 Å². The summed E-state index contributed by atoms with van der Waals surface area (Å²) in [5, 5.41) is 14.5. The molecule has 0 saturated heterocycles. The van der Waals surface area contributed by atoms with E-state index < -0.39 is 5.60 Å². The zero-order valence-electron chi connectivity index (χ0n) is 17.0. The minimum Gasteiger partial charge on any atom is -0.386 e. The number of carbonyl (C=O) groups excluding carboxylic acids is 1. The highest BCUT2D eigenvalue weighted by atomic mass is 16.3. The average molecular weight is 360 g/mol. The maximum absolute atomic E-state index is 12.4. The molecule has 3 nitrogen and oxygen atoms in total. The molecule has 0 aromatic rings. The molecule has 0 heterocycles. The first-order valence-corrected chi connectivity index (χ1v) is 10.9. The van der Waals surface area contributed by atoms with E-state index in [0.29, 0.717) is 18.3 Å². The third-order valence-electron chi connectivity index (χ3n) is 9.06. The Morgan fingerprint density at radius 2 is 1.92 bits per heavy atom. The van der Waals surface area contributed by atoms with E-state index in [9.17, 15) is 9.90 Å². The summed E-state index contributed by atoms with van der Waals surface area (Å²) in [6.45, 7) is 11.2. The summed E-state index contributed by atoms with van der Waals surface area (Å²) in [6.07, 6.45) is 11.5. The van der Waals surface area contributed by atoms with Crippen molar-refractivity contribution in [2.75, 3.05) is 0 Å². The van der Waals surface area contributed by atoms with Crippen LogP contribution in [0.15, 0.2) is 12.2 Å². The second kappa shape index (κ2) is 5.83. The molecule has 146 valence electrons. The molecule has 6 atom stereocenters. The maximum Gasteiger partial charge on any atom is 0.220 e. The van der Waals surface area contributed by atoms with Crippen LogP contribution in [0.3, 0.4) is 0 Å². The first kappa shape index (κ1) is 18.5. The van der Waals surface area contributed by atoms with Gasteiger partial charge in [0.15, 0.2) is 0 Å². The van der Waals surface area contributed by atoms with E-state index in [-0.39, 0.29) is 22.3 Å². The molecule has 4 fully saturated rings. The molecule has 0 aliphatic heterocycles. The third kappa shape index (κ3) is 2.45. The van der Waals surface area contributed by atoms with Crippen molar-refractivity contribution in [3.63, 3.8) is 0 Å². The first-order valence-electron chi connectivity index (χ1n) is 10.9. The number of hydrogen-bond acceptors (Lipinski definition) is 2. The lowest BCUT2D eigenvalue weighted by Gasteiger charge is -2.64. The monoisotopic (exact) mass is 359 g/mol. The van der Waals surface area contributed by atoms with E-state index in [1.54, 1.807) is 0 Å². The minimum absolute atomic E-state index is 0.0653. The highest BCUT2D eigenvalue weighted by Crippen LogP contribution is 2.71. The van der Waals surface area contributed by atoms with Gasteiger partial charge in [0.25, 0.3) is 0 Å². The Balaban J connectivity index is 1.64. The molecule has 0 aromatic heterocycles. The van der Waals surface area contributed by atoms with E-state index in [4.69, 9.17) is 0 Å². The molecule has 1 amide bonds. The lowest BCUT2D eigenvalue weighted by atomic mass is 9.42. The Hall–Kier alpha value is -0.830. The van der Waals surface area contributed by atoms with Crippen LogP contribution in [0.25, 0.3) is 0 Å². The summed E-state index contributed by atoms with van der Waals surface area (Å²) in [7, 11) is 0. The molecule has 0 unspecified atom stereocenters. The summed E-state index contributed by atoms with van der Waals surface area (Å²) in [5.41, 5.74) is 0.978. The van der Waals surface area contributed by atoms with Crippen LogP contribution in [0.2, 0.25) is 0 Å². The van der Waals surface area contributed by atoms with Crippen LogP contribution in [-0.4, -0.2) is 22.2 Å². The number of amides is 1. The van der Waals surface area contributed by atoms with Gasteiger partial charge in [0.1, 0.15) is 0 Å². The predicted octanol–water partition coefficient (Wildman–Crippen LogP) is 4.74. The van der Waals surface area contributed by atoms with E-state index in [2.05, 4.69) is 32.7 Å². The van der Waals surface area contributed by atoms with E-state index >= 15 is 0 Å². The standard InChI is InChI=1S/C23H37NO2/c1-5-7-19(25)24-21(4)11-6-10-20(3)17(21)8-12-22-14-16(2)23(26,15-22)13-9-18(20)22/h17-18,26H,2,5-15H2,1,3-4H3,(H,24,25)/t17-,18-,20+,21+,22+,23-/m0/s1. The number of rotatable bonds is 3. The van der Waals surface area contributed by atoms with Crippen LogP contribution in [0.5, 0.6) is 0 Å². The number of fused-ring (bicyclic) bond motifs is 3. The van der Waals surface area contributed by atoms with Gasteiger partial charge in [0.05, 0.1) is 5.60 Å². The molecule has 26 heavy (non-hydrogen) atoms. The van der Waals surface area contributed by atoms with Crippen molar-refractivity contribution in [1.29, 1.82) is 0 Å². The molecular formula is C23H37NO2. The smallest absolute Gasteiger partial charge is 0.220 e. The molecule has 4 saturated carbocycles. The Bertz CT molecular complexity index is 630. The third-order valence-corrected chi connectivity index (χ3v) is 9.06. The first-order chi connectivity index (χ1) is 12.2. The Morgan fingerprint density at radius 3 is 2.65 bits per heavy atom. The van der Waals surface area contributed by atoms with Gasteiger partial charge in [-0.15, -0.1) is 0 Å². The lowest BCUT2D eigenvalue weighted by Crippen LogP contribution is -2.64. The summed E-state index contributed by atoms with van der Waals surface area (Å²) >= 11 is 0. The second-order valence-electron chi connectivity index (χ2n) is 10.6. The Labute approximate surface area is 159 Å². The molecule has 2 bridgehead atoms. The molecular weight excluding hydrogens is 322 g/mol. The fourth-order valence-electron chi connectivity index (χ4n) is 8.11. The van der Waals surface area contributed by atoms with E-state index in [1.807, 2.05) is 0 Å². The molecule has 0 radical (unpaired) electrons. The molecule has 2 N–H and O–H groups in total. The largest absolute Gasteiger partial charge is 0.386 e. The number of nitrogens with one attached hydrogen (secondary N) is 1. The van der Waals surface area contributed by atoms with Crippen LogP contribution in [0, 0.1) is 22.7 Å². The van der Waals surface area contributed by atoms with Crippen molar-refractivity contribution >= 4 is 5.91 Å². The lowest BCUT2D eigenvalue weighted by molar-refractivity contribution is -0.154. The number of hydrogen-bond donors (Lipinski definition) is 2. The SMILES string of the molecule is C=C1C[C@@]23CC[C@H]4[C@@](C)(CCC[C@@]4(C)NC(=O)CCC)[C@@H]2CC[C@]1(O)C3. The summed E-state index contributed by atoms with van der Waals surface area (Å²) in [4.78, 5) is 12.4. The van der Waals surface area contributed by atoms with Crippen LogP contribution < -0.4 is 5.32 Å². The zero-order chi connectivity index (χ0) is 18.8. The second-order valence-corrected chi connectivity index (χ2v) is 10.6. The topological polar surface area (TPSA) is 49.3 Å². The molecule has 0 aromatic carbocycles. The van der Waals surface area contributed by atoms with Crippen molar-refractivity contribution in [2.45, 2.75) is 103 Å². The highest BCUT2D eigenvalue weighted by Gasteiger charge is 2.66. The normalized spacial score (nSPS) is 50.1. The molecule has 4 aliphatic rings. The van der Waals surface area contributed by atoms with Crippen LogP contribution in [-0.2, 0) is 4.79 Å². The van der Waals surface area contributed by atoms with Crippen molar-refractivity contribution in [2.24, 2.45) is 22.7 Å². The fourth-order valence-corrected chi connectivity index (χ4v) is 8.11. The van der Waals surface area contributed by atoms with Gasteiger partial charge in [-0.25, -0.2) is 0 Å². The predicted molar refractivity (Wildman–Crippen MR) is 105 cm³/mol. The quantitative estimate of drug-likeness (QED) is 0.715. The van der Waals surface area contributed by atoms with Crippen molar-refractivity contribution in [3.05, 3.63) is 12.2 Å². The van der Waals surface area contributed by atoms with Gasteiger partial charge in [-0.2, -0.15) is 0 Å². The van der Waals surface area contributed by atoms with Crippen LogP contribution in [0.4, 0.5) is 0 Å². The van der Waals surface area contributed by atoms with Crippen LogP contribution in [0.1, 0.15) is 91.4 Å². The van der Waals surface area contributed by atoms with Gasteiger partial charge in [0, 0.05) is 12.0 Å². The highest BCUT2D eigenvalue weighted by molar-refractivity contribution is 5.76. The zero-order valence-corrected chi connectivity index (χ0v) is 17.0.